The van der Waals surface area contributed by atoms with Gasteiger partial charge in [0, 0.05) is 12.5 Å². The molecule has 0 radical (unpaired) electrons. The summed E-state index contributed by atoms with van der Waals surface area (Å²) in [4.78, 5) is 23.9. The van der Waals surface area contributed by atoms with Gasteiger partial charge in [-0.05, 0) is 73.7 Å². The normalized spacial score (nSPS) is 15.3. The van der Waals surface area contributed by atoms with Gasteiger partial charge in [0.1, 0.15) is 11.5 Å². The second kappa shape index (κ2) is 9.18. The highest BCUT2D eigenvalue weighted by Gasteiger charge is 2.29. The van der Waals surface area contributed by atoms with Crippen LogP contribution >= 0.6 is 0 Å². The summed E-state index contributed by atoms with van der Waals surface area (Å²) < 4.78 is 54.8. The molecule has 1 aliphatic rings. The molecule has 0 unspecified atom stereocenters. The van der Waals surface area contributed by atoms with Crippen molar-refractivity contribution in [2.75, 3.05) is 5.01 Å². The van der Waals surface area contributed by atoms with Crippen molar-refractivity contribution in [2.24, 2.45) is 10.2 Å². The van der Waals surface area contributed by atoms with Crippen molar-refractivity contribution in [1.29, 1.82) is 0 Å². The van der Waals surface area contributed by atoms with Crippen LogP contribution in [0.25, 0.3) is 17.4 Å². The summed E-state index contributed by atoms with van der Waals surface area (Å²) in [5, 5.41) is 10.5. The predicted octanol–water partition coefficient (Wildman–Crippen LogP) is 2.22. The van der Waals surface area contributed by atoms with Gasteiger partial charge >= 0.3 is 0 Å². The first-order chi connectivity index (χ1) is 16.8. The minimum atomic E-state index is -3.95. The Morgan fingerprint density at radius 2 is 1.58 bits per heavy atom. The lowest BCUT2D eigenvalue weighted by Gasteiger charge is -2.11. The maximum absolute atomic E-state index is 13.0. The first-order valence-corrected chi connectivity index (χ1v) is 13.4. The van der Waals surface area contributed by atoms with E-state index >= 15 is 0 Å². The number of hydrogen-bond acceptors (Lipinski definition) is 8. The van der Waals surface area contributed by atoms with Gasteiger partial charge in [0.15, 0.2) is 0 Å². The molecule has 0 saturated heterocycles. The number of carbonyl (C=O) groups excluding carboxylic acids is 2. The van der Waals surface area contributed by atoms with Gasteiger partial charge in [-0.3, -0.25) is 9.59 Å². The van der Waals surface area contributed by atoms with E-state index in [0.717, 1.165) is 11.9 Å². The summed E-state index contributed by atoms with van der Waals surface area (Å²) in [7, 11) is -7.81. The molecule has 0 bridgehead atoms. The lowest BCUT2D eigenvalue weighted by atomic mass is 10.1. The first kappa shape index (κ1) is 25.0. The lowest BCUT2D eigenvalue weighted by Crippen LogP contribution is -2.28. The van der Waals surface area contributed by atoms with Crippen molar-refractivity contribution in [1.82, 2.24) is 4.72 Å². The molecule has 186 valence electrons. The van der Waals surface area contributed by atoms with E-state index in [0.29, 0.717) is 28.5 Å². The SMILES string of the molecule is CC(=O)NS(=O)(=O)c1ccc(-c2ccc(/C=C3\C(=O)N(c4ccc(S(N)(=O)=O)cc4)N=C3C)o2)cc1. The summed E-state index contributed by atoms with van der Waals surface area (Å²) in [5.41, 5.74) is 1.66. The van der Waals surface area contributed by atoms with E-state index in [4.69, 9.17) is 9.56 Å². The number of amides is 2. The fourth-order valence-electron chi connectivity index (χ4n) is 3.41. The van der Waals surface area contributed by atoms with Crippen molar-refractivity contribution < 1.29 is 30.8 Å². The quantitative estimate of drug-likeness (QED) is 0.462. The Morgan fingerprint density at radius 3 is 2.17 bits per heavy atom. The standard InChI is InChI=1S/C23H20N4O7S2/c1-14-21(23(29)27(25-14)17-5-10-19(11-6-17)35(24,30)31)13-18-7-12-22(34-18)16-3-8-20(9-4-16)36(32,33)26-15(2)28/h3-13H,1-2H3,(H,26,28)(H2,24,30,31)/b21-13-. The first-order valence-electron chi connectivity index (χ1n) is 10.3. The number of nitrogens with one attached hydrogen (secondary N) is 1. The van der Waals surface area contributed by atoms with Crippen molar-refractivity contribution in [3.05, 3.63) is 72.0 Å². The van der Waals surface area contributed by atoms with E-state index in [-0.39, 0.29) is 15.4 Å². The van der Waals surface area contributed by atoms with Crippen LogP contribution < -0.4 is 14.9 Å². The number of anilines is 1. The van der Waals surface area contributed by atoms with Crippen molar-refractivity contribution in [3.63, 3.8) is 0 Å². The molecule has 0 atom stereocenters. The smallest absolute Gasteiger partial charge is 0.280 e. The molecule has 1 aromatic heterocycles. The van der Waals surface area contributed by atoms with E-state index in [1.54, 1.807) is 19.1 Å². The number of carbonyl (C=O) groups is 2. The highest BCUT2D eigenvalue weighted by Crippen LogP contribution is 2.28. The Labute approximate surface area is 207 Å². The molecular weight excluding hydrogens is 508 g/mol. The average Bonchev–Trinajstić information content (AvgIpc) is 3.38. The number of rotatable bonds is 6. The second-order valence-electron chi connectivity index (χ2n) is 7.79. The molecule has 13 heteroatoms. The third kappa shape index (κ3) is 5.12. The zero-order valence-electron chi connectivity index (χ0n) is 19.0. The lowest BCUT2D eigenvalue weighted by molar-refractivity contribution is -0.117. The van der Waals surface area contributed by atoms with Crippen LogP contribution in [0.2, 0.25) is 0 Å². The fourth-order valence-corrected chi connectivity index (χ4v) is 4.92. The fraction of sp³-hybridized carbons (Fsp3) is 0.0870. The highest BCUT2D eigenvalue weighted by molar-refractivity contribution is 7.90. The Kier molecular flexibility index (Phi) is 6.39. The van der Waals surface area contributed by atoms with Crippen LogP contribution in [0.4, 0.5) is 5.69 Å². The summed E-state index contributed by atoms with van der Waals surface area (Å²) in [5.74, 6) is -0.325. The summed E-state index contributed by atoms with van der Waals surface area (Å²) in [6, 6.07) is 14.5. The number of nitrogens with zero attached hydrogens (tertiary/aromatic N) is 2. The number of furan rings is 1. The number of primary sulfonamides is 1. The monoisotopic (exact) mass is 528 g/mol. The Hall–Kier alpha value is -4.07. The Morgan fingerprint density at radius 1 is 0.972 bits per heavy atom. The zero-order valence-corrected chi connectivity index (χ0v) is 20.6. The number of hydrazone groups is 1. The van der Waals surface area contributed by atoms with Crippen LogP contribution in [0.1, 0.15) is 19.6 Å². The van der Waals surface area contributed by atoms with E-state index in [9.17, 15) is 26.4 Å². The highest BCUT2D eigenvalue weighted by atomic mass is 32.2. The molecule has 0 saturated carbocycles. The van der Waals surface area contributed by atoms with Gasteiger partial charge in [-0.1, -0.05) is 0 Å². The minimum absolute atomic E-state index is 0.0732. The second-order valence-corrected chi connectivity index (χ2v) is 11.0. The molecule has 0 spiro atoms. The van der Waals surface area contributed by atoms with Gasteiger partial charge in [0.2, 0.25) is 15.9 Å². The number of nitrogens with two attached hydrogens (primary N) is 1. The zero-order chi connectivity index (χ0) is 26.3. The largest absolute Gasteiger partial charge is 0.457 e. The van der Waals surface area contributed by atoms with Crippen LogP contribution in [0.5, 0.6) is 0 Å². The molecule has 4 rings (SSSR count). The number of sulfonamides is 2. The molecule has 36 heavy (non-hydrogen) atoms. The van der Waals surface area contributed by atoms with E-state index in [1.165, 1.54) is 54.6 Å². The van der Waals surface area contributed by atoms with Gasteiger partial charge in [-0.25, -0.2) is 26.7 Å². The van der Waals surface area contributed by atoms with E-state index < -0.39 is 31.9 Å². The molecule has 2 heterocycles. The Bertz CT molecular complexity index is 1630. The molecule has 3 N–H and O–H groups in total. The van der Waals surface area contributed by atoms with Gasteiger partial charge in [-0.15, -0.1) is 0 Å². The molecule has 3 aromatic rings. The van der Waals surface area contributed by atoms with Gasteiger partial charge in [-0.2, -0.15) is 10.1 Å². The Balaban J connectivity index is 1.54. The van der Waals surface area contributed by atoms with Gasteiger partial charge in [0.25, 0.3) is 15.9 Å². The summed E-state index contributed by atoms with van der Waals surface area (Å²) in [6.07, 6.45) is 1.53. The maximum atomic E-state index is 13.0. The van der Waals surface area contributed by atoms with E-state index in [2.05, 4.69) is 5.10 Å². The van der Waals surface area contributed by atoms with Crippen LogP contribution in [0, 0.1) is 0 Å². The molecule has 11 nitrogen and oxygen atoms in total. The summed E-state index contributed by atoms with van der Waals surface area (Å²) >= 11 is 0. The third-order valence-corrected chi connectivity index (χ3v) is 7.49. The molecule has 1 aliphatic heterocycles. The molecule has 0 fully saturated rings. The van der Waals surface area contributed by atoms with Crippen LogP contribution in [0.15, 0.2) is 85.5 Å². The van der Waals surface area contributed by atoms with Crippen LogP contribution in [0.3, 0.4) is 0 Å². The molecule has 0 aliphatic carbocycles. The van der Waals surface area contributed by atoms with Crippen molar-refractivity contribution >= 4 is 49.3 Å². The number of hydrogen-bond donors (Lipinski definition) is 2. The van der Waals surface area contributed by atoms with Gasteiger partial charge < -0.3 is 4.42 Å². The maximum Gasteiger partial charge on any atom is 0.280 e. The third-order valence-electron chi connectivity index (χ3n) is 5.11. The van der Waals surface area contributed by atoms with Gasteiger partial charge in [0.05, 0.1) is 26.8 Å². The molecular formula is C23H20N4O7S2. The van der Waals surface area contributed by atoms with Crippen LogP contribution in [-0.4, -0.2) is 34.4 Å². The average molecular weight is 529 g/mol. The summed E-state index contributed by atoms with van der Waals surface area (Å²) in [6.45, 7) is 2.76. The van der Waals surface area contributed by atoms with E-state index in [1.807, 2.05) is 4.72 Å². The predicted molar refractivity (Wildman–Crippen MR) is 132 cm³/mol. The molecule has 2 aromatic carbocycles. The van der Waals surface area contributed by atoms with Crippen LogP contribution in [-0.2, 0) is 29.6 Å². The minimum Gasteiger partial charge on any atom is -0.457 e. The van der Waals surface area contributed by atoms with Crippen molar-refractivity contribution in [3.8, 4) is 11.3 Å². The number of benzene rings is 2. The molecule has 2 amide bonds. The topological polar surface area (TPSA) is 169 Å². The van der Waals surface area contributed by atoms with Crippen molar-refractivity contribution in [2.45, 2.75) is 23.6 Å².